The van der Waals surface area contributed by atoms with E-state index in [1.807, 2.05) is 6.07 Å². The zero-order valence-electron chi connectivity index (χ0n) is 16.4. The second kappa shape index (κ2) is 8.80. The van der Waals surface area contributed by atoms with Crippen molar-refractivity contribution in [3.05, 3.63) is 76.9 Å². The van der Waals surface area contributed by atoms with Crippen LogP contribution in [0.15, 0.2) is 54.6 Å². The minimum atomic E-state index is -4.74. The van der Waals surface area contributed by atoms with Crippen molar-refractivity contribution < 1.29 is 38.1 Å². The van der Waals surface area contributed by atoms with Gasteiger partial charge in [0.05, 0.1) is 34.1 Å². The number of anilines is 3. The number of nitriles is 1. The van der Waals surface area contributed by atoms with E-state index in [0.717, 1.165) is 24.3 Å². The molecule has 33 heavy (non-hydrogen) atoms. The number of amides is 1. The van der Waals surface area contributed by atoms with E-state index in [-0.39, 0.29) is 11.4 Å². The number of benzene rings is 3. The zero-order chi connectivity index (χ0) is 24.3. The summed E-state index contributed by atoms with van der Waals surface area (Å²) in [5, 5.41) is 42.9. The lowest BCUT2D eigenvalue weighted by Crippen LogP contribution is -2.18. The lowest BCUT2D eigenvalue weighted by molar-refractivity contribution is -0.137. The quantitative estimate of drug-likeness (QED) is 0.350. The first kappa shape index (κ1) is 23.0. The zero-order valence-corrected chi connectivity index (χ0v) is 16.4. The first-order chi connectivity index (χ1) is 15.5. The normalized spacial score (nSPS) is 10.8. The Balaban J connectivity index is 2.05. The van der Waals surface area contributed by atoms with Crippen LogP contribution in [-0.2, 0) is 6.18 Å². The fourth-order valence-electron chi connectivity index (χ4n) is 2.93. The van der Waals surface area contributed by atoms with Crippen LogP contribution in [0.1, 0.15) is 31.8 Å². The number of phenols is 2. The maximum absolute atomic E-state index is 13.2. The minimum Gasteiger partial charge on any atom is -0.507 e. The molecule has 0 unspecified atom stereocenters. The molecule has 0 aliphatic heterocycles. The standard InChI is InChI=1S/C22H14F3N3O5/c23-22(24,25)12-3-6-14(27-13-4-1-11(10-26)2-5-13)15(9-12)28-20(31)18-16(29)7-8-17(30)19(18)21(32)33/h1-9,27,29-30H,(H,28,31)(H,32,33). The van der Waals surface area contributed by atoms with E-state index in [1.165, 1.54) is 24.3 Å². The van der Waals surface area contributed by atoms with Gasteiger partial charge in [-0.1, -0.05) is 0 Å². The van der Waals surface area contributed by atoms with Crippen molar-refractivity contribution in [1.29, 1.82) is 5.26 Å². The Morgan fingerprint density at radius 1 is 0.879 bits per heavy atom. The number of carboxylic acids is 1. The Morgan fingerprint density at radius 2 is 1.48 bits per heavy atom. The van der Waals surface area contributed by atoms with Crippen molar-refractivity contribution in [2.24, 2.45) is 0 Å². The van der Waals surface area contributed by atoms with E-state index in [1.54, 1.807) is 0 Å². The highest BCUT2D eigenvalue weighted by molar-refractivity contribution is 6.14. The van der Waals surface area contributed by atoms with Gasteiger partial charge in [0.15, 0.2) is 0 Å². The Bertz CT molecular complexity index is 1280. The molecule has 0 saturated heterocycles. The molecular formula is C22H14F3N3O5. The molecule has 0 bridgehead atoms. The molecule has 3 rings (SSSR count). The summed E-state index contributed by atoms with van der Waals surface area (Å²) >= 11 is 0. The molecular weight excluding hydrogens is 443 g/mol. The second-order valence-corrected chi connectivity index (χ2v) is 6.69. The Morgan fingerprint density at radius 3 is 2.03 bits per heavy atom. The average Bonchev–Trinajstić information content (AvgIpc) is 2.75. The van der Waals surface area contributed by atoms with E-state index in [2.05, 4.69) is 10.6 Å². The van der Waals surface area contributed by atoms with Crippen LogP contribution in [0.25, 0.3) is 0 Å². The Hall–Kier alpha value is -4.72. The fraction of sp³-hybridized carbons (Fsp3) is 0.0455. The molecule has 11 heteroatoms. The Labute approximate surface area is 184 Å². The van der Waals surface area contributed by atoms with Gasteiger partial charge >= 0.3 is 12.1 Å². The highest BCUT2D eigenvalue weighted by Crippen LogP contribution is 2.36. The van der Waals surface area contributed by atoms with Gasteiger partial charge in [-0.25, -0.2) is 4.79 Å². The number of carbonyl (C=O) groups excluding carboxylic acids is 1. The summed E-state index contributed by atoms with van der Waals surface area (Å²) in [4.78, 5) is 24.2. The summed E-state index contributed by atoms with van der Waals surface area (Å²) in [7, 11) is 0. The molecule has 8 nitrogen and oxygen atoms in total. The maximum atomic E-state index is 13.2. The first-order valence-corrected chi connectivity index (χ1v) is 9.09. The number of hydrogen-bond acceptors (Lipinski definition) is 6. The summed E-state index contributed by atoms with van der Waals surface area (Å²) in [6.07, 6.45) is -4.74. The average molecular weight is 457 g/mol. The molecule has 1 amide bonds. The Kier molecular flexibility index (Phi) is 6.12. The first-order valence-electron chi connectivity index (χ1n) is 9.09. The van der Waals surface area contributed by atoms with E-state index in [4.69, 9.17) is 5.26 Å². The van der Waals surface area contributed by atoms with Crippen molar-refractivity contribution in [3.63, 3.8) is 0 Å². The van der Waals surface area contributed by atoms with Crippen LogP contribution in [0.4, 0.5) is 30.2 Å². The van der Waals surface area contributed by atoms with E-state index >= 15 is 0 Å². The van der Waals surface area contributed by atoms with Gasteiger partial charge in [0.25, 0.3) is 5.91 Å². The monoisotopic (exact) mass is 457 g/mol. The van der Waals surface area contributed by atoms with Crippen molar-refractivity contribution in [1.82, 2.24) is 0 Å². The molecule has 3 aromatic rings. The van der Waals surface area contributed by atoms with Gasteiger partial charge in [0.1, 0.15) is 17.1 Å². The number of aromatic hydroxyl groups is 2. The van der Waals surface area contributed by atoms with Gasteiger partial charge in [0.2, 0.25) is 0 Å². The number of nitrogens with zero attached hydrogens (tertiary/aromatic N) is 1. The number of halogens is 3. The number of carboxylic acid groups (broad SMARTS) is 1. The van der Waals surface area contributed by atoms with E-state index in [0.29, 0.717) is 17.3 Å². The summed E-state index contributed by atoms with van der Waals surface area (Å²) in [6.45, 7) is 0. The summed E-state index contributed by atoms with van der Waals surface area (Å²) in [5.41, 5.74) is -2.47. The van der Waals surface area contributed by atoms with E-state index < -0.39 is 46.2 Å². The number of carbonyl (C=O) groups is 2. The third-order valence-corrected chi connectivity index (χ3v) is 4.49. The van der Waals surface area contributed by atoms with Gasteiger partial charge in [-0.3, -0.25) is 4.79 Å². The van der Waals surface area contributed by atoms with Crippen LogP contribution in [0.3, 0.4) is 0 Å². The van der Waals surface area contributed by atoms with Crippen LogP contribution in [0.2, 0.25) is 0 Å². The number of aromatic carboxylic acids is 1. The van der Waals surface area contributed by atoms with Gasteiger partial charge in [-0.15, -0.1) is 0 Å². The van der Waals surface area contributed by atoms with E-state index in [9.17, 15) is 38.1 Å². The predicted octanol–water partition coefficient (Wildman–Crippen LogP) is 4.68. The SMILES string of the molecule is N#Cc1ccc(Nc2ccc(C(F)(F)F)cc2NC(=O)c2c(O)ccc(O)c2C(=O)O)cc1. The van der Waals surface area contributed by atoms with Gasteiger partial charge in [-0.2, -0.15) is 18.4 Å². The van der Waals surface area contributed by atoms with Crippen molar-refractivity contribution in [2.45, 2.75) is 6.18 Å². The molecule has 5 N–H and O–H groups in total. The summed E-state index contributed by atoms with van der Waals surface area (Å²) in [5.74, 6) is -4.60. The van der Waals surface area contributed by atoms with Gasteiger partial charge in [0, 0.05) is 5.69 Å². The molecule has 0 aromatic heterocycles. The molecule has 0 saturated carbocycles. The van der Waals surface area contributed by atoms with Crippen LogP contribution in [0.5, 0.6) is 11.5 Å². The van der Waals surface area contributed by atoms with Crippen LogP contribution < -0.4 is 10.6 Å². The van der Waals surface area contributed by atoms with Crippen molar-refractivity contribution in [2.75, 3.05) is 10.6 Å². The highest BCUT2D eigenvalue weighted by Gasteiger charge is 2.32. The van der Waals surface area contributed by atoms with Gasteiger partial charge < -0.3 is 26.0 Å². The lowest BCUT2D eigenvalue weighted by atomic mass is 10.0. The molecule has 168 valence electrons. The van der Waals surface area contributed by atoms with Gasteiger partial charge in [-0.05, 0) is 54.6 Å². The van der Waals surface area contributed by atoms with Crippen LogP contribution in [0, 0.1) is 11.3 Å². The second-order valence-electron chi connectivity index (χ2n) is 6.69. The number of rotatable bonds is 5. The third-order valence-electron chi connectivity index (χ3n) is 4.49. The molecule has 3 aromatic carbocycles. The molecule has 0 fully saturated rings. The molecule has 0 spiro atoms. The minimum absolute atomic E-state index is 0.0116. The van der Waals surface area contributed by atoms with Crippen molar-refractivity contribution in [3.8, 4) is 17.6 Å². The predicted molar refractivity (Wildman–Crippen MR) is 111 cm³/mol. The number of hydrogen-bond donors (Lipinski definition) is 5. The van der Waals surface area contributed by atoms with Crippen molar-refractivity contribution >= 4 is 28.9 Å². The molecule has 0 aliphatic rings. The van der Waals surface area contributed by atoms with Crippen LogP contribution >= 0.6 is 0 Å². The summed E-state index contributed by atoms with van der Waals surface area (Å²) in [6, 6.07) is 12.0. The fourth-order valence-corrected chi connectivity index (χ4v) is 2.93. The van der Waals surface area contributed by atoms with Crippen LogP contribution in [-0.4, -0.2) is 27.2 Å². The third kappa shape index (κ3) is 4.96. The number of phenolic OH excluding ortho intramolecular Hbond substituents is 1. The number of alkyl halides is 3. The smallest absolute Gasteiger partial charge is 0.416 e. The lowest BCUT2D eigenvalue weighted by Gasteiger charge is -2.17. The molecule has 0 radical (unpaired) electrons. The number of nitrogens with one attached hydrogen (secondary N) is 2. The molecule has 0 aliphatic carbocycles. The summed E-state index contributed by atoms with van der Waals surface area (Å²) < 4.78 is 39.7. The molecule has 0 heterocycles. The maximum Gasteiger partial charge on any atom is 0.416 e. The largest absolute Gasteiger partial charge is 0.507 e. The highest BCUT2D eigenvalue weighted by atomic mass is 19.4. The molecule has 0 atom stereocenters. The topological polar surface area (TPSA) is 143 Å².